The first kappa shape index (κ1) is 19.5. The number of morpholine rings is 1. The molecule has 1 heterocycles. The van der Waals surface area contributed by atoms with Crippen LogP contribution >= 0.6 is 0 Å². The fourth-order valence-electron chi connectivity index (χ4n) is 6.38. The number of amides is 1. The van der Waals surface area contributed by atoms with E-state index in [1.54, 1.807) is 24.3 Å². The van der Waals surface area contributed by atoms with Gasteiger partial charge < -0.3 is 10.1 Å². The number of carbonyl (C=O) groups is 1. The fraction of sp³-hybridized carbons (Fsp3) is 0.682. The molecule has 6 nitrogen and oxygen atoms in total. The summed E-state index contributed by atoms with van der Waals surface area (Å²) in [5.74, 6) is 2.26. The second-order valence-electron chi connectivity index (χ2n) is 9.53. The molecular formula is C22H30N2O4S. The highest BCUT2D eigenvalue weighted by molar-refractivity contribution is 7.89. The first-order valence-electron chi connectivity index (χ1n) is 10.9. The molecule has 1 amide bonds. The predicted molar refractivity (Wildman–Crippen MR) is 110 cm³/mol. The summed E-state index contributed by atoms with van der Waals surface area (Å²) in [4.78, 5) is 13.6. The minimum absolute atomic E-state index is 0.141. The Bertz CT molecular complexity index is 861. The van der Waals surface area contributed by atoms with Crippen molar-refractivity contribution < 1.29 is 17.9 Å². The predicted octanol–water partition coefficient (Wildman–Crippen LogP) is 3.25. The molecule has 0 aromatic heterocycles. The van der Waals surface area contributed by atoms with Gasteiger partial charge in [-0.05, 0) is 74.1 Å². The third-order valence-electron chi connectivity index (χ3n) is 7.56. The third-order valence-corrected chi connectivity index (χ3v) is 9.47. The normalized spacial score (nSPS) is 34.7. The molecule has 29 heavy (non-hydrogen) atoms. The van der Waals surface area contributed by atoms with Crippen LogP contribution in [-0.2, 0) is 19.6 Å². The van der Waals surface area contributed by atoms with Crippen molar-refractivity contribution in [1.29, 1.82) is 0 Å². The lowest BCUT2D eigenvalue weighted by molar-refractivity contribution is -0.132. The highest BCUT2D eigenvalue weighted by Gasteiger charge is 2.52. The number of hydrogen-bond acceptors (Lipinski definition) is 4. The number of ether oxygens (including phenoxy) is 1. The molecule has 7 heteroatoms. The topological polar surface area (TPSA) is 75.7 Å². The molecule has 0 spiro atoms. The van der Waals surface area contributed by atoms with Crippen molar-refractivity contribution in [2.24, 2.45) is 23.2 Å². The van der Waals surface area contributed by atoms with Crippen molar-refractivity contribution >= 4 is 21.6 Å². The van der Waals surface area contributed by atoms with Gasteiger partial charge in [-0.3, -0.25) is 4.79 Å². The van der Waals surface area contributed by atoms with Crippen LogP contribution in [0.4, 0.5) is 5.69 Å². The Morgan fingerprint density at radius 2 is 1.55 bits per heavy atom. The van der Waals surface area contributed by atoms with Gasteiger partial charge in [0.15, 0.2) is 0 Å². The Labute approximate surface area is 173 Å². The summed E-state index contributed by atoms with van der Waals surface area (Å²) in [6.45, 7) is 1.62. The Kier molecular flexibility index (Phi) is 4.95. The molecule has 1 N–H and O–H groups in total. The maximum Gasteiger partial charge on any atom is 0.243 e. The smallest absolute Gasteiger partial charge is 0.243 e. The molecule has 0 radical (unpaired) electrons. The van der Waals surface area contributed by atoms with Gasteiger partial charge in [-0.15, -0.1) is 0 Å². The van der Waals surface area contributed by atoms with Crippen LogP contribution in [0.2, 0.25) is 0 Å². The number of anilines is 1. The summed E-state index contributed by atoms with van der Waals surface area (Å²) < 4.78 is 32.3. The summed E-state index contributed by atoms with van der Waals surface area (Å²) in [7, 11) is -3.51. The van der Waals surface area contributed by atoms with Crippen LogP contribution < -0.4 is 5.32 Å². The van der Waals surface area contributed by atoms with Crippen LogP contribution in [0.1, 0.15) is 44.9 Å². The van der Waals surface area contributed by atoms with Crippen LogP contribution in [0.25, 0.3) is 0 Å². The molecular weight excluding hydrogens is 388 g/mol. The van der Waals surface area contributed by atoms with Gasteiger partial charge in [-0.2, -0.15) is 4.31 Å². The number of hydrogen-bond donors (Lipinski definition) is 1. The first-order chi connectivity index (χ1) is 13.9. The quantitative estimate of drug-likeness (QED) is 0.814. The number of rotatable bonds is 4. The zero-order chi connectivity index (χ0) is 20.1. The van der Waals surface area contributed by atoms with Gasteiger partial charge >= 0.3 is 0 Å². The molecule has 1 aromatic carbocycles. The molecule has 1 saturated heterocycles. The van der Waals surface area contributed by atoms with Gasteiger partial charge in [-0.1, -0.05) is 12.8 Å². The molecule has 2 unspecified atom stereocenters. The summed E-state index contributed by atoms with van der Waals surface area (Å²) in [5.41, 5.74) is 0.469. The second kappa shape index (κ2) is 7.36. The molecule has 4 bridgehead atoms. The second-order valence-corrected chi connectivity index (χ2v) is 11.5. The van der Waals surface area contributed by atoms with Crippen molar-refractivity contribution in [2.45, 2.75) is 49.8 Å². The molecule has 4 aliphatic carbocycles. The molecule has 5 aliphatic rings. The van der Waals surface area contributed by atoms with Gasteiger partial charge in [0.25, 0.3) is 0 Å². The van der Waals surface area contributed by atoms with Crippen molar-refractivity contribution in [3.05, 3.63) is 24.3 Å². The molecule has 1 aromatic rings. The van der Waals surface area contributed by atoms with E-state index in [-0.39, 0.29) is 16.2 Å². The van der Waals surface area contributed by atoms with Crippen LogP contribution in [-0.4, -0.2) is 44.9 Å². The van der Waals surface area contributed by atoms with Crippen LogP contribution in [0, 0.1) is 23.2 Å². The highest BCUT2D eigenvalue weighted by Crippen LogP contribution is 2.58. The minimum atomic E-state index is -3.51. The fourth-order valence-corrected chi connectivity index (χ4v) is 7.79. The number of fused-ring (bicyclic) bond motifs is 1. The third kappa shape index (κ3) is 3.62. The van der Waals surface area contributed by atoms with E-state index in [2.05, 4.69) is 5.32 Å². The molecule has 5 fully saturated rings. The van der Waals surface area contributed by atoms with Crippen molar-refractivity contribution in [3.63, 3.8) is 0 Å². The van der Waals surface area contributed by atoms with Gasteiger partial charge in [0.1, 0.15) is 0 Å². The van der Waals surface area contributed by atoms with Crippen molar-refractivity contribution in [3.8, 4) is 0 Å². The van der Waals surface area contributed by atoms with E-state index in [1.165, 1.54) is 30.0 Å². The van der Waals surface area contributed by atoms with Gasteiger partial charge in [0.05, 0.1) is 23.5 Å². The van der Waals surface area contributed by atoms with E-state index in [0.717, 1.165) is 19.3 Å². The van der Waals surface area contributed by atoms with Gasteiger partial charge in [-0.25, -0.2) is 8.42 Å². The Morgan fingerprint density at radius 3 is 2.17 bits per heavy atom. The Hall–Kier alpha value is -1.44. The minimum Gasteiger partial charge on any atom is -0.379 e. The molecule has 4 saturated carbocycles. The summed E-state index contributed by atoms with van der Waals surface area (Å²) in [6, 6.07) is 6.65. The van der Waals surface area contributed by atoms with Crippen molar-refractivity contribution in [1.82, 2.24) is 4.31 Å². The van der Waals surface area contributed by atoms with Crippen LogP contribution in [0.3, 0.4) is 0 Å². The van der Waals surface area contributed by atoms with E-state index >= 15 is 0 Å². The molecule has 4 atom stereocenters. The Balaban J connectivity index is 1.30. The average Bonchev–Trinajstić information content (AvgIpc) is 2.94. The highest BCUT2D eigenvalue weighted by atomic mass is 32.2. The molecule has 6 rings (SSSR count). The SMILES string of the molecule is O=C(Nc1ccc(S(=O)(=O)N2CCOCC2)cc1)C12CC3C[C@@H](CC[C@@H](C3)C1)C2. The summed E-state index contributed by atoms with van der Waals surface area (Å²) in [6.07, 6.45) is 8.24. The average molecular weight is 419 g/mol. The lowest BCUT2D eigenvalue weighted by atomic mass is 9.58. The zero-order valence-electron chi connectivity index (χ0n) is 16.8. The number of nitrogens with one attached hydrogen (secondary N) is 1. The summed E-state index contributed by atoms with van der Waals surface area (Å²) in [5, 5.41) is 3.12. The number of nitrogens with zero attached hydrogens (tertiary/aromatic N) is 1. The van der Waals surface area contributed by atoms with Crippen LogP contribution in [0.15, 0.2) is 29.2 Å². The van der Waals surface area contributed by atoms with Gasteiger partial charge in [0, 0.05) is 18.8 Å². The largest absolute Gasteiger partial charge is 0.379 e. The maximum absolute atomic E-state index is 13.3. The zero-order valence-corrected chi connectivity index (χ0v) is 17.6. The van der Waals surface area contributed by atoms with E-state index < -0.39 is 10.0 Å². The summed E-state index contributed by atoms with van der Waals surface area (Å²) >= 11 is 0. The number of benzene rings is 1. The lowest BCUT2D eigenvalue weighted by Gasteiger charge is -2.47. The number of carbonyl (C=O) groups excluding carboxylic acids is 1. The molecule has 1 aliphatic heterocycles. The standard InChI is InChI=1S/C22H30N2O4S/c25-21(22-13-16-1-2-17(14-22)12-18(11-16)15-22)23-19-3-5-20(6-4-19)29(26,27)24-7-9-28-10-8-24/h3-6,16-18H,1-2,7-15H2,(H,23,25)/t16-,17+,18?,22?. The van der Waals surface area contributed by atoms with E-state index in [4.69, 9.17) is 4.74 Å². The van der Waals surface area contributed by atoms with Gasteiger partial charge in [0.2, 0.25) is 15.9 Å². The van der Waals surface area contributed by atoms with Crippen LogP contribution in [0.5, 0.6) is 0 Å². The monoisotopic (exact) mass is 418 g/mol. The maximum atomic E-state index is 13.3. The van der Waals surface area contributed by atoms with E-state index in [9.17, 15) is 13.2 Å². The Morgan fingerprint density at radius 1 is 0.966 bits per heavy atom. The van der Waals surface area contributed by atoms with E-state index in [0.29, 0.717) is 49.7 Å². The van der Waals surface area contributed by atoms with Crippen molar-refractivity contribution in [2.75, 3.05) is 31.6 Å². The number of sulfonamides is 1. The molecule has 158 valence electrons. The first-order valence-corrected chi connectivity index (χ1v) is 12.4. The lowest BCUT2D eigenvalue weighted by Crippen LogP contribution is -2.46. The van der Waals surface area contributed by atoms with E-state index in [1.807, 2.05) is 0 Å².